The van der Waals surface area contributed by atoms with Crippen molar-refractivity contribution in [3.63, 3.8) is 0 Å². The highest BCUT2D eigenvalue weighted by molar-refractivity contribution is 6.30. The Bertz CT molecular complexity index is 622. The molecule has 0 radical (unpaired) electrons. The fourth-order valence-corrected chi connectivity index (χ4v) is 3.60. The van der Waals surface area contributed by atoms with Gasteiger partial charge in [-0.3, -0.25) is 4.79 Å². The molecule has 0 bridgehead atoms. The molecule has 4 unspecified atom stereocenters. The summed E-state index contributed by atoms with van der Waals surface area (Å²) in [6, 6.07) is 6.36. The van der Waals surface area contributed by atoms with Crippen molar-refractivity contribution >= 4 is 23.5 Å². The third-order valence-electron chi connectivity index (χ3n) is 4.91. The van der Waals surface area contributed by atoms with Crippen LogP contribution in [-0.2, 0) is 9.59 Å². The van der Waals surface area contributed by atoms with E-state index in [9.17, 15) is 14.7 Å². The van der Waals surface area contributed by atoms with Crippen LogP contribution in [0.25, 0.3) is 0 Å². The standard InChI is InChI=1S/C17H22ClN3O3/c1-10-6-7-21(15(8-10)17(23)24)16(22)14-9-13(19-20-14)11-2-4-12(18)5-3-11/h2-5,10,13-15,19-20H,6-9H2,1H3,(H,23,24). The van der Waals surface area contributed by atoms with Crippen LogP contribution >= 0.6 is 11.6 Å². The molecule has 2 saturated heterocycles. The molecule has 3 N–H and O–H groups in total. The quantitative estimate of drug-likeness (QED) is 0.775. The van der Waals surface area contributed by atoms with Crippen LogP contribution in [0.4, 0.5) is 0 Å². The summed E-state index contributed by atoms with van der Waals surface area (Å²) >= 11 is 5.90. The van der Waals surface area contributed by atoms with Gasteiger partial charge in [0.15, 0.2) is 0 Å². The van der Waals surface area contributed by atoms with Crippen molar-refractivity contribution in [3.05, 3.63) is 34.9 Å². The van der Waals surface area contributed by atoms with E-state index in [2.05, 4.69) is 10.9 Å². The van der Waals surface area contributed by atoms with Crippen LogP contribution in [0.15, 0.2) is 24.3 Å². The van der Waals surface area contributed by atoms with E-state index in [1.807, 2.05) is 31.2 Å². The average Bonchev–Trinajstić information content (AvgIpc) is 3.04. The number of halogens is 1. The first-order chi connectivity index (χ1) is 11.5. The molecule has 2 aliphatic heterocycles. The van der Waals surface area contributed by atoms with Crippen LogP contribution in [-0.4, -0.2) is 40.5 Å². The first kappa shape index (κ1) is 17.2. The number of nitrogens with zero attached hydrogens (tertiary/aromatic N) is 1. The second-order valence-corrected chi connectivity index (χ2v) is 7.13. The van der Waals surface area contributed by atoms with E-state index < -0.39 is 18.1 Å². The summed E-state index contributed by atoms with van der Waals surface area (Å²) in [6.45, 7) is 2.53. The molecule has 1 aromatic rings. The van der Waals surface area contributed by atoms with Crippen molar-refractivity contribution in [2.75, 3.05) is 6.54 Å². The van der Waals surface area contributed by atoms with E-state index in [0.29, 0.717) is 30.3 Å². The minimum Gasteiger partial charge on any atom is -0.480 e. The van der Waals surface area contributed by atoms with Gasteiger partial charge in [0.05, 0.1) is 0 Å². The minimum atomic E-state index is -0.921. The molecule has 2 aliphatic rings. The molecule has 3 rings (SSSR count). The number of hydrogen-bond donors (Lipinski definition) is 3. The van der Waals surface area contributed by atoms with Gasteiger partial charge in [-0.1, -0.05) is 30.7 Å². The normalized spacial score (nSPS) is 30.3. The van der Waals surface area contributed by atoms with Crippen molar-refractivity contribution in [1.29, 1.82) is 0 Å². The predicted octanol–water partition coefficient (Wildman–Crippen LogP) is 1.96. The van der Waals surface area contributed by atoms with Gasteiger partial charge in [-0.2, -0.15) is 0 Å². The second-order valence-electron chi connectivity index (χ2n) is 6.70. The Kier molecular flexibility index (Phi) is 5.08. The largest absolute Gasteiger partial charge is 0.480 e. The Morgan fingerprint density at radius 2 is 1.92 bits per heavy atom. The lowest BCUT2D eigenvalue weighted by Gasteiger charge is -2.37. The van der Waals surface area contributed by atoms with Crippen molar-refractivity contribution in [1.82, 2.24) is 15.8 Å². The van der Waals surface area contributed by atoms with E-state index >= 15 is 0 Å². The average molecular weight is 352 g/mol. The van der Waals surface area contributed by atoms with Gasteiger partial charge in [0.25, 0.3) is 0 Å². The molecule has 6 nitrogen and oxygen atoms in total. The maximum absolute atomic E-state index is 12.8. The van der Waals surface area contributed by atoms with Gasteiger partial charge in [-0.05, 0) is 42.9 Å². The molecule has 0 aromatic heterocycles. The van der Waals surface area contributed by atoms with Gasteiger partial charge in [-0.25, -0.2) is 15.6 Å². The Balaban J connectivity index is 1.67. The van der Waals surface area contributed by atoms with Crippen molar-refractivity contribution in [2.45, 2.75) is 44.3 Å². The molecule has 1 aromatic carbocycles. The van der Waals surface area contributed by atoms with Gasteiger partial charge in [0.1, 0.15) is 12.1 Å². The Hall–Kier alpha value is -1.63. The number of hydrazine groups is 1. The van der Waals surface area contributed by atoms with Crippen LogP contribution in [0.1, 0.15) is 37.8 Å². The number of likely N-dealkylation sites (tertiary alicyclic amines) is 1. The van der Waals surface area contributed by atoms with Crippen molar-refractivity contribution < 1.29 is 14.7 Å². The highest BCUT2D eigenvalue weighted by Crippen LogP contribution is 2.28. The number of nitrogens with one attached hydrogen (secondary N) is 2. The van der Waals surface area contributed by atoms with Crippen molar-refractivity contribution in [3.8, 4) is 0 Å². The maximum Gasteiger partial charge on any atom is 0.326 e. The monoisotopic (exact) mass is 351 g/mol. The lowest BCUT2D eigenvalue weighted by molar-refractivity contribution is -0.153. The fourth-order valence-electron chi connectivity index (χ4n) is 3.47. The van der Waals surface area contributed by atoms with E-state index in [4.69, 9.17) is 11.6 Å². The summed E-state index contributed by atoms with van der Waals surface area (Å²) in [5.41, 5.74) is 7.19. The number of carbonyl (C=O) groups is 2. The molecule has 130 valence electrons. The first-order valence-corrected chi connectivity index (χ1v) is 8.63. The zero-order chi connectivity index (χ0) is 17.3. The Labute approximate surface area is 146 Å². The van der Waals surface area contributed by atoms with Gasteiger partial charge >= 0.3 is 5.97 Å². The highest BCUT2D eigenvalue weighted by atomic mass is 35.5. The number of amides is 1. The Morgan fingerprint density at radius 3 is 2.58 bits per heavy atom. The SMILES string of the molecule is CC1CCN(C(=O)C2CC(c3ccc(Cl)cc3)NN2)C(C(=O)O)C1. The molecule has 2 fully saturated rings. The van der Waals surface area contributed by atoms with Crippen LogP contribution < -0.4 is 10.9 Å². The summed E-state index contributed by atoms with van der Waals surface area (Å²) < 4.78 is 0. The number of piperidine rings is 1. The zero-order valence-electron chi connectivity index (χ0n) is 13.5. The summed E-state index contributed by atoms with van der Waals surface area (Å²) in [5, 5.41) is 10.1. The number of carboxylic acid groups (broad SMARTS) is 1. The highest BCUT2D eigenvalue weighted by Gasteiger charge is 2.40. The van der Waals surface area contributed by atoms with Gasteiger partial charge < -0.3 is 10.0 Å². The lowest BCUT2D eigenvalue weighted by Crippen LogP contribution is -2.55. The van der Waals surface area contributed by atoms with E-state index in [-0.39, 0.29) is 11.9 Å². The summed E-state index contributed by atoms with van der Waals surface area (Å²) in [4.78, 5) is 25.8. The molecule has 0 spiro atoms. The first-order valence-electron chi connectivity index (χ1n) is 8.25. The second kappa shape index (κ2) is 7.09. The third-order valence-corrected chi connectivity index (χ3v) is 5.16. The number of rotatable bonds is 3. The summed E-state index contributed by atoms with van der Waals surface area (Å²) in [7, 11) is 0. The van der Waals surface area contributed by atoms with Crippen LogP contribution in [0.5, 0.6) is 0 Å². The number of aliphatic carboxylic acids is 1. The van der Waals surface area contributed by atoms with E-state index in [1.54, 1.807) is 0 Å². The maximum atomic E-state index is 12.8. The molecule has 1 amide bonds. The zero-order valence-corrected chi connectivity index (χ0v) is 14.3. The summed E-state index contributed by atoms with van der Waals surface area (Å²) in [5.74, 6) is -0.736. The predicted molar refractivity (Wildman–Crippen MR) is 90.4 cm³/mol. The molecule has 7 heteroatoms. The van der Waals surface area contributed by atoms with E-state index in [1.165, 1.54) is 4.90 Å². The smallest absolute Gasteiger partial charge is 0.326 e. The number of carbonyl (C=O) groups excluding carboxylic acids is 1. The lowest BCUT2D eigenvalue weighted by atomic mass is 9.91. The van der Waals surface area contributed by atoms with Gasteiger partial charge in [-0.15, -0.1) is 0 Å². The molecular weight excluding hydrogens is 330 g/mol. The molecule has 4 atom stereocenters. The van der Waals surface area contributed by atoms with E-state index in [0.717, 1.165) is 12.0 Å². The number of benzene rings is 1. The van der Waals surface area contributed by atoms with Crippen LogP contribution in [0, 0.1) is 5.92 Å². The Morgan fingerprint density at radius 1 is 1.21 bits per heavy atom. The van der Waals surface area contributed by atoms with Gasteiger partial charge in [0.2, 0.25) is 5.91 Å². The minimum absolute atomic E-state index is 0.00297. The van der Waals surface area contributed by atoms with Crippen LogP contribution in [0.2, 0.25) is 5.02 Å². The summed E-state index contributed by atoms with van der Waals surface area (Å²) in [6.07, 6.45) is 1.94. The van der Waals surface area contributed by atoms with Crippen LogP contribution in [0.3, 0.4) is 0 Å². The molecule has 24 heavy (non-hydrogen) atoms. The molecular formula is C17H22ClN3O3. The molecule has 2 heterocycles. The van der Waals surface area contributed by atoms with Crippen molar-refractivity contribution in [2.24, 2.45) is 5.92 Å². The number of carboxylic acids is 1. The number of hydrogen-bond acceptors (Lipinski definition) is 4. The molecule has 0 saturated carbocycles. The molecule has 0 aliphatic carbocycles. The third kappa shape index (κ3) is 3.55. The van der Waals surface area contributed by atoms with Gasteiger partial charge in [0, 0.05) is 17.6 Å². The topological polar surface area (TPSA) is 81.7 Å². The fraction of sp³-hybridized carbons (Fsp3) is 0.529.